The van der Waals surface area contributed by atoms with Crippen molar-refractivity contribution in [3.8, 4) is 11.5 Å². The summed E-state index contributed by atoms with van der Waals surface area (Å²) in [5.74, 6) is -0.620. The van der Waals surface area contributed by atoms with E-state index in [-0.39, 0.29) is 43.4 Å². The molecular weight excluding hydrogens is 516 g/mol. The number of allylic oxidation sites excluding steroid dienone is 2. The molecule has 0 fully saturated rings. The van der Waals surface area contributed by atoms with E-state index in [1.165, 1.54) is 21.0 Å². The van der Waals surface area contributed by atoms with Crippen molar-refractivity contribution in [2.24, 2.45) is 0 Å². The molecule has 2 aromatic carbocycles. The van der Waals surface area contributed by atoms with E-state index in [9.17, 15) is 24.0 Å². The van der Waals surface area contributed by atoms with Gasteiger partial charge in [0.15, 0.2) is 12.6 Å². The summed E-state index contributed by atoms with van der Waals surface area (Å²) >= 11 is 0. The van der Waals surface area contributed by atoms with Gasteiger partial charge in [0.1, 0.15) is 35.9 Å². The molecule has 0 bridgehead atoms. The second-order valence-electron chi connectivity index (χ2n) is 8.71. The summed E-state index contributed by atoms with van der Waals surface area (Å²) in [7, 11) is 3.01. The standard InChI is InChI=1S/C25H26O5.C6H10O4/c1-5-7-20-14-18(9-11-23(20)29-4)15-22(27)19-10-12-24(21(16-19)8-6-2)30-25(28)13-17(3)26;1-5(7)3-6(8)10-4-9-2/h5-6,9-12,14,16H,1-2,7-8,13,15H2,3-4H3;3-4H2,1-2H3. The zero-order valence-electron chi connectivity index (χ0n) is 23.4. The molecule has 0 atom stereocenters. The first-order valence-electron chi connectivity index (χ1n) is 12.4. The minimum atomic E-state index is -0.625. The molecule has 9 nitrogen and oxygen atoms in total. The van der Waals surface area contributed by atoms with E-state index >= 15 is 0 Å². The van der Waals surface area contributed by atoms with Crippen molar-refractivity contribution in [2.75, 3.05) is 21.0 Å². The molecule has 0 aliphatic heterocycles. The summed E-state index contributed by atoms with van der Waals surface area (Å²) in [6.07, 6.45) is 4.28. The first-order chi connectivity index (χ1) is 19.0. The Balaban J connectivity index is 0.000000680. The quantitative estimate of drug-likeness (QED) is 0.0780. The Labute approximate surface area is 234 Å². The number of methoxy groups -OCH3 is 2. The molecule has 0 unspecified atom stereocenters. The highest BCUT2D eigenvalue weighted by molar-refractivity contribution is 5.98. The van der Waals surface area contributed by atoms with Crippen LogP contribution in [-0.4, -0.2) is 50.3 Å². The van der Waals surface area contributed by atoms with Gasteiger partial charge in [-0.15, -0.1) is 13.2 Å². The molecular formula is C31H36O9. The summed E-state index contributed by atoms with van der Waals surface area (Å²) < 4.78 is 19.5. The summed E-state index contributed by atoms with van der Waals surface area (Å²) in [5.41, 5.74) is 3.02. The fourth-order valence-electron chi connectivity index (χ4n) is 3.45. The van der Waals surface area contributed by atoms with E-state index in [0.29, 0.717) is 29.7 Å². The van der Waals surface area contributed by atoms with Crippen molar-refractivity contribution in [3.05, 3.63) is 84.0 Å². The third-order valence-corrected chi connectivity index (χ3v) is 5.17. The second-order valence-corrected chi connectivity index (χ2v) is 8.71. The maximum Gasteiger partial charge on any atom is 0.318 e. The lowest BCUT2D eigenvalue weighted by molar-refractivity contribution is -0.155. The molecule has 40 heavy (non-hydrogen) atoms. The first kappa shape index (κ1) is 33.7. The number of rotatable bonds is 15. The van der Waals surface area contributed by atoms with Crippen molar-refractivity contribution < 1.29 is 42.9 Å². The van der Waals surface area contributed by atoms with Gasteiger partial charge in [0, 0.05) is 19.1 Å². The Bertz CT molecular complexity index is 1230. The SMILES string of the molecule is C=CCc1cc(CC(=O)c2ccc(OC(=O)CC(C)=O)c(CC=C)c2)ccc1OC.COCOC(=O)CC(C)=O. The number of benzene rings is 2. The predicted molar refractivity (Wildman–Crippen MR) is 149 cm³/mol. The third kappa shape index (κ3) is 12.4. The molecule has 0 amide bonds. The van der Waals surface area contributed by atoms with Crippen LogP contribution in [0.15, 0.2) is 61.7 Å². The van der Waals surface area contributed by atoms with Crippen LogP contribution in [0.1, 0.15) is 53.7 Å². The number of ether oxygens (including phenoxy) is 4. The zero-order valence-corrected chi connectivity index (χ0v) is 23.4. The molecule has 0 saturated heterocycles. The number of carbonyl (C=O) groups excluding carboxylic acids is 5. The predicted octanol–water partition coefficient (Wildman–Crippen LogP) is 4.57. The third-order valence-electron chi connectivity index (χ3n) is 5.17. The van der Waals surface area contributed by atoms with Crippen molar-refractivity contribution in [1.82, 2.24) is 0 Å². The number of esters is 2. The highest BCUT2D eigenvalue weighted by Crippen LogP contribution is 2.25. The number of Topliss-reactive ketones (excluding diaryl/α,β-unsaturated/α-hetero) is 3. The van der Waals surface area contributed by atoms with Gasteiger partial charge in [-0.25, -0.2) is 0 Å². The van der Waals surface area contributed by atoms with Crippen LogP contribution in [0.4, 0.5) is 0 Å². The van der Waals surface area contributed by atoms with Crippen LogP contribution >= 0.6 is 0 Å². The maximum absolute atomic E-state index is 12.8. The number of hydrogen-bond donors (Lipinski definition) is 0. The van der Waals surface area contributed by atoms with Gasteiger partial charge in [-0.1, -0.05) is 24.3 Å². The maximum atomic E-state index is 12.8. The van der Waals surface area contributed by atoms with Crippen molar-refractivity contribution in [3.63, 3.8) is 0 Å². The summed E-state index contributed by atoms with van der Waals surface area (Å²) in [6.45, 7) is 10.0. The van der Waals surface area contributed by atoms with Gasteiger partial charge in [0.25, 0.3) is 0 Å². The first-order valence-corrected chi connectivity index (χ1v) is 12.4. The van der Waals surface area contributed by atoms with Crippen LogP contribution in [0.25, 0.3) is 0 Å². The second kappa shape index (κ2) is 18.0. The fourth-order valence-corrected chi connectivity index (χ4v) is 3.45. The molecule has 0 saturated carbocycles. The number of carbonyl (C=O) groups is 5. The largest absolute Gasteiger partial charge is 0.496 e. The minimum Gasteiger partial charge on any atom is -0.496 e. The van der Waals surface area contributed by atoms with Crippen LogP contribution in [0.2, 0.25) is 0 Å². The molecule has 0 aromatic heterocycles. The lowest BCUT2D eigenvalue weighted by Gasteiger charge is -2.12. The lowest BCUT2D eigenvalue weighted by Crippen LogP contribution is -2.13. The summed E-state index contributed by atoms with van der Waals surface area (Å²) in [6, 6.07) is 10.6. The van der Waals surface area contributed by atoms with Gasteiger partial charge in [-0.05, 0) is 67.6 Å². The van der Waals surface area contributed by atoms with Crippen LogP contribution in [0.5, 0.6) is 11.5 Å². The van der Waals surface area contributed by atoms with Crippen LogP contribution < -0.4 is 9.47 Å². The molecule has 0 heterocycles. The number of ketones is 3. The molecule has 214 valence electrons. The van der Waals surface area contributed by atoms with Crippen molar-refractivity contribution >= 4 is 29.3 Å². The Kier molecular flexibility index (Phi) is 15.2. The lowest BCUT2D eigenvalue weighted by atomic mass is 9.98. The number of hydrogen-bond acceptors (Lipinski definition) is 9. The average molecular weight is 553 g/mol. The average Bonchev–Trinajstić information content (AvgIpc) is 2.88. The molecule has 0 aliphatic carbocycles. The van der Waals surface area contributed by atoms with Gasteiger partial charge >= 0.3 is 11.9 Å². The van der Waals surface area contributed by atoms with E-state index in [4.69, 9.17) is 9.47 Å². The Morgan fingerprint density at radius 2 is 1.35 bits per heavy atom. The van der Waals surface area contributed by atoms with Gasteiger partial charge in [-0.3, -0.25) is 24.0 Å². The molecule has 2 aromatic rings. The molecule has 9 heteroatoms. The zero-order chi connectivity index (χ0) is 30.1. The van der Waals surface area contributed by atoms with Gasteiger partial charge in [-0.2, -0.15) is 0 Å². The van der Waals surface area contributed by atoms with Crippen LogP contribution in [0.3, 0.4) is 0 Å². The van der Waals surface area contributed by atoms with Gasteiger partial charge in [0.2, 0.25) is 0 Å². The van der Waals surface area contributed by atoms with E-state index in [1.54, 1.807) is 37.5 Å². The molecule has 0 radical (unpaired) electrons. The molecule has 0 aliphatic rings. The van der Waals surface area contributed by atoms with Gasteiger partial charge < -0.3 is 18.9 Å². The normalized spacial score (nSPS) is 9.90. The Morgan fingerprint density at radius 1 is 0.775 bits per heavy atom. The Morgan fingerprint density at radius 3 is 1.90 bits per heavy atom. The minimum absolute atomic E-state index is 0.0587. The van der Waals surface area contributed by atoms with Crippen molar-refractivity contribution in [1.29, 1.82) is 0 Å². The van der Waals surface area contributed by atoms with Crippen LogP contribution in [0, 0.1) is 0 Å². The summed E-state index contributed by atoms with van der Waals surface area (Å²) in [5, 5.41) is 0. The van der Waals surface area contributed by atoms with Crippen molar-refractivity contribution in [2.45, 2.75) is 46.0 Å². The van der Waals surface area contributed by atoms with Gasteiger partial charge in [0.05, 0.1) is 7.11 Å². The highest BCUT2D eigenvalue weighted by atomic mass is 16.7. The Hall–Kier alpha value is -4.37. The smallest absolute Gasteiger partial charge is 0.318 e. The fraction of sp³-hybridized carbons (Fsp3) is 0.323. The molecule has 2 rings (SSSR count). The van der Waals surface area contributed by atoms with Crippen LogP contribution in [-0.2, 0) is 47.9 Å². The van der Waals surface area contributed by atoms with E-state index < -0.39 is 11.9 Å². The van der Waals surface area contributed by atoms with E-state index in [2.05, 4.69) is 22.6 Å². The monoisotopic (exact) mass is 552 g/mol. The summed E-state index contributed by atoms with van der Waals surface area (Å²) in [4.78, 5) is 56.5. The topological polar surface area (TPSA) is 122 Å². The van der Waals surface area contributed by atoms with E-state index in [1.807, 2.05) is 18.2 Å². The molecule has 0 spiro atoms. The molecule has 0 N–H and O–H groups in total. The highest BCUT2D eigenvalue weighted by Gasteiger charge is 2.15. The van der Waals surface area contributed by atoms with E-state index in [0.717, 1.165) is 16.9 Å².